The van der Waals surface area contributed by atoms with Crippen molar-refractivity contribution in [2.75, 3.05) is 5.32 Å². The van der Waals surface area contributed by atoms with Gasteiger partial charge < -0.3 is 5.32 Å². The Bertz CT molecular complexity index is 1180. The molecule has 4 rings (SSSR count). The van der Waals surface area contributed by atoms with Crippen molar-refractivity contribution in [2.24, 2.45) is 0 Å². The summed E-state index contributed by atoms with van der Waals surface area (Å²) < 4.78 is 2.13. The molecule has 4 aromatic rings. The van der Waals surface area contributed by atoms with Gasteiger partial charge in [-0.2, -0.15) is 16.4 Å². The fourth-order valence-electron chi connectivity index (χ4n) is 3.02. The van der Waals surface area contributed by atoms with E-state index in [9.17, 15) is 4.79 Å². The van der Waals surface area contributed by atoms with Crippen LogP contribution in [0.5, 0.6) is 0 Å². The normalized spacial score (nSPS) is 10.8. The standard InChI is InChI=1S/C21H18N4OS2/c1-14-4-2-6-16(10-14)20-23-24-21(27)25(20)12-19(26)22-18-7-3-5-15(11-18)17-8-9-28-13-17/h2-11,13H,12H2,1H3,(H,22,26)(H,24,27). The Hall–Kier alpha value is -3.03. The van der Waals surface area contributed by atoms with Gasteiger partial charge in [0.2, 0.25) is 5.91 Å². The predicted molar refractivity (Wildman–Crippen MR) is 116 cm³/mol. The first-order valence-electron chi connectivity index (χ1n) is 8.75. The maximum Gasteiger partial charge on any atom is 0.244 e. The molecule has 0 saturated heterocycles. The SMILES string of the molecule is Cc1cccc(-c2n[nH]c(=S)n2CC(=O)Nc2cccc(-c3ccsc3)c2)c1. The highest BCUT2D eigenvalue weighted by molar-refractivity contribution is 7.71. The third kappa shape index (κ3) is 3.95. The average molecular weight is 407 g/mol. The molecule has 1 amide bonds. The van der Waals surface area contributed by atoms with Crippen LogP contribution in [-0.4, -0.2) is 20.7 Å². The Balaban J connectivity index is 1.55. The van der Waals surface area contributed by atoms with E-state index in [1.54, 1.807) is 15.9 Å². The molecule has 0 saturated carbocycles. The molecule has 5 nitrogen and oxygen atoms in total. The Morgan fingerprint density at radius 1 is 1.14 bits per heavy atom. The summed E-state index contributed by atoms with van der Waals surface area (Å²) in [6, 6.07) is 17.8. The van der Waals surface area contributed by atoms with E-state index in [0.717, 1.165) is 27.9 Å². The van der Waals surface area contributed by atoms with E-state index in [1.807, 2.05) is 60.8 Å². The van der Waals surface area contributed by atoms with Gasteiger partial charge in [0.25, 0.3) is 0 Å². The van der Waals surface area contributed by atoms with Gasteiger partial charge in [-0.15, -0.1) is 0 Å². The highest BCUT2D eigenvalue weighted by atomic mass is 32.1. The van der Waals surface area contributed by atoms with Crippen LogP contribution in [-0.2, 0) is 11.3 Å². The molecule has 0 aliphatic heterocycles. The van der Waals surface area contributed by atoms with Crippen molar-refractivity contribution in [2.45, 2.75) is 13.5 Å². The lowest BCUT2D eigenvalue weighted by molar-refractivity contribution is -0.116. The van der Waals surface area contributed by atoms with E-state index in [4.69, 9.17) is 12.2 Å². The number of carbonyl (C=O) groups excluding carboxylic acids is 1. The first kappa shape index (κ1) is 18.3. The summed E-state index contributed by atoms with van der Waals surface area (Å²) in [6.07, 6.45) is 0. The van der Waals surface area contributed by atoms with Crippen LogP contribution < -0.4 is 5.32 Å². The monoisotopic (exact) mass is 406 g/mol. The van der Waals surface area contributed by atoms with Crippen LogP contribution in [0.2, 0.25) is 0 Å². The van der Waals surface area contributed by atoms with Gasteiger partial charge in [-0.1, -0.05) is 35.9 Å². The maximum atomic E-state index is 12.7. The molecule has 2 heterocycles. The van der Waals surface area contributed by atoms with Crippen molar-refractivity contribution in [3.8, 4) is 22.5 Å². The second kappa shape index (κ2) is 7.92. The van der Waals surface area contributed by atoms with Gasteiger partial charge in [0.05, 0.1) is 0 Å². The van der Waals surface area contributed by atoms with E-state index < -0.39 is 0 Å². The Morgan fingerprint density at radius 2 is 1.96 bits per heavy atom. The van der Waals surface area contributed by atoms with Gasteiger partial charge in [0.1, 0.15) is 6.54 Å². The van der Waals surface area contributed by atoms with Crippen molar-refractivity contribution in [3.05, 3.63) is 75.7 Å². The minimum atomic E-state index is -0.158. The number of aryl methyl sites for hydroxylation is 1. The molecule has 0 unspecified atom stereocenters. The number of rotatable bonds is 5. The molecule has 28 heavy (non-hydrogen) atoms. The summed E-state index contributed by atoms with van der Waals surface area (Å²) in [6.45, 7) is 2.10. The van der Waals surface area contributed by atoms with Gasteiger partial charge in [-0.05, 0) is 65.3 Å². The zero-order valence-corrected chi connectivity index (χ0v) is 16.8. The molecular weight excluding hydrogens is 388 g/mol. The van der Waals surface area contributed by atoms with Crippen LogP contribution in [0.3, 0.4) is 0 Å². The molecule has 0 bridgehead atoms. The van der Waals surface area contributed by atoms with Crippen molar-refractivity contribution in [1.29, 1.82) is 0 Å². The van der Waals surface area contributed by atoms with Crippen LogP contribution >= 0.6 is 23.6 Å². The number of nitrogens with one attached hydrogen (secondary N) is 2. The van der Waals surface area contributed by atoms with Crippen molar-refractivity contribution < 1.29 is 4.79 Å². The second-order valence-corrected chi connectivity index (χ2v) is 7.62. The molecule has 140 valence electrons. The van der Waals surface area contributed by atoms with Crippen molar-refractivity contribution in [1.82, 2.24) is 14.8 Å². The van der Waals surface area contributed by atoms with E-state index in [1.165, 1.54) is 0 Å². The number of nitrogens with zero attached hydrogens (tertiary/aromatic N) is 2. The number of anilines is 1. The van der Waals surface area contributed by atoms with Crippen LogP contribution in [0, 0.1) is 11.7 Å². The topological polar surface area (TPSA) is 62.7 Å². The van der Waals surface area contributed by atoms with Crippen LogP contribution in [0.4, 0.5) is 5.69 Å². The predicted octanol–water partition coefficient (Wildman–Crippen LogP) is 5.28. The van der Waals surface area contributed by atoms with Crippen molar-refractivity contribution >= 4 is 35.1 Å². The molecule has 7 heteroatoms. The molecule has 0 atom stereocenters. The Labute approximate surface area is 171 Å². The summed E-state index contributed by atoms with van der Waals surface area (Å²) in [5.74, 6) is 0.491. The highest BCUT2D eigenvalue weighted by Crippen LogP contribution is 2.25. The molecular formula is C21H18N4OS2. The smallest absolute Gasteiger partial charge is 0.244 e. The second-order valence-electron chi connectivity index (χ2n) is 6.45. The van der Waals surface area contributed by atoms with Gasteiger partial charge >= 0.3 is 0 Å². The van der Waals surface area contributed by atoms with Gasteiger partial charge in [0.15, 0.2) is 10.6 Å². The van der Waals surface area contributed by atoms with E-state index in [-0.39, 0.29) is 12.5 Å². The summed E-state index contributed by atoms with van der Waals surface area (Å²) >= 11 is 6.98. The molecule has 0 radical (unpaired) electrons. The summed E-state index contributed by atoms with van der Waals surface area (Å²) in [5, 5.41) is 14.2. The minimum absolute atomic E-state index is 0.0846. The zero-order chi connectivity index (χ0) is 19.5. The lowest BCUT2D eigenvalue weighted by Crippen LogP contribution is -2.19. The van der Waals surface area contributed by atoms with E-state index in [2.05, 4.69) is 27.0 Å². The number of carbonyl (C=O) groups is 1. The number of aromatic amines is 1. The molecule has 0 fully saturated rings. The molecule has 2 aromatic heterocycles. The molecule has 2 aromatic carbocycles. The van der Waals surface area contributed by atoms with E-state index in [0.29, 0.717) is 10.6 Å². The fourth-order valence-corrected chi connectivity index (χ4v) is 3.88. The molecule has 2 N–H and O–H groups in total. The highest BCUT2D eigenvalue weighted by Gasteiger charge is 2.13. The summed E-state index contributed by atoms with van der Waals surface area (Å²) in [5.41, 5.74) is 4.99. The molecule has 0 spiro atoms. The van der Waals surface area contributed by atoms with Gasteiger partial charge in [0, 0.05) is 11.3 Å². The fraction of sp³-hybridized carbons (Fsp3) is 0.0952. The number of amides is 1. The third-order valence-electron chi connectivity index (χ3n) is 4.34. The maximum absolute atomic E-state index is 12.7. The van der Waals surface area contributed by atoms with Gasteiger partial charge in [-0.25, -0.2) is 0 Å². The van der Waals surface area contributed by atoms with Crippen molar-refractivity contribution in [3.63, 3.8) is 0 Å². The lowest BCUT2D eigenvalue weighted by atomic mass is 10.1. The van der Waals surface area contributed by atoms with Crippen LogP contribution in [0.25, 0.3) is 22.5 Å². The summed E-state index contributed by atoms with van der Waals surface area (Å²) in [7, 11) is 0. The lowest BCUT2D eigenvalue weighted by Gasteiger charge is -2.09. The average Bonchev–Trinajstić information content (AvgIpc) is 3.33. The Kier molecular flexibility index (Phi) is 5.18. The number of benzene rings is 2. The number of aromatic nitrogens is 3. The summed E-state index contributed by atoms with van der Waals surface area (Å²) in [4.78, 5) is 12.7. The largest absolute Gasteiger partial charge is 0.325 e. The number of hydrogen-bond acceptors (Lipinski definition) is 4. The minimum Gasteiger partial charge on any atom is -0.325 e. The Morgan fingerprint density at radius 3 is 2.75 bits per heavy atom. The van der Waals surface area contributed by atoms with E-state index >= 15 is 0 Å². The zero-order valence-electron chi connectivity index (χ0n) is 15.2. The number of hydrogen-bond donors (Lipinski definition) is 2. The van der Waals surface area contributed by atoms with Gasteiger partial charge in [-0.3, -0.25) is 14.5 Å². The quantitative estimate of drug-likeness (QED) is 0.443. The van der Waals surface area contributed by atoms with Crippen LogP contribution in [0.15, 0.2) is 65.4 Å². The number of thiophene rings is 1. The third-order valence-corrected chi connectivity index (χ3v) is 5.33. The molecule has 0 aliphatic rings. The molecule has 0 aliphatic carbocycles. The first-order valence-corrected chi connectivity index (χ1v) is 10.1. The number of H-pyrrole nitrogens is 1. The first-order chi connectivity index (χ1) is 13.6. The van der Waals surface area contributed by atoms with Crippen LogP contribution in [0.1, 0.15) is 5.56 Å².